The summed E-state index contributed by atoms with van der Waals surface area (Å²) >= 11 is 1.18. The Balaban J connectivity index is 1.68. The minimum absolute atomic E-state index is 0.0711. The Bertz CT molecular complexity index is 1060. The summed E-state index contributed by atoms with van der Waals surface area (Å²) in [7, 11) is -3.65. The molecule has 1 atom stereocenters. The SMILES string of the molecule is CS(=O)(=O)N1Cc2ccccc2C[C@H]1C(=O)OCC(=O)Nc1sccc1C#N. The Labute approximate surface area is 166 Å². The number of carbonyl (C=O) groups excluding carboxylic acids is 2. The van der Waals surface area contributed by atoms with Crippen LogP contribution < -0.4 is 5.32 Å². The number of carbonyl (C=O) groups is 2. The van der Waals surface area contributed by atoms with Crippen molar-refractivity contribution in [1.29, 1.82) is 5.26 Å². The predicted molar refractivity (Wildman–Crippen MR) is 103 cm³/mol. The molecule has 3 rings (SSSR count). The number of fused-ring (bicyclic) bond motifs is 1. The number of nitriles is 1. The smallest absolute Gasteiger partial charge is 0.325 e. The molecule has 0 saturated carbocycles. The molecule has 146 valence electrons. The van der Waals surface area contributed by atoms with Crippen LogP contribution in [-0.2, 0) is 37.3 Å². The normalized spacial score (nSPS) is 16.6. The van der Waals surface area contributed by atoms with Crippen molar-refractivity contribution in [3.8, 4) is 6.07 Å². The summed E-state index contributed by atoms with van der Waals surface area (Å²) in [6, 6.07) is 9.75. The van der Waals surface area contributed by atoms with Crippen LogP contribution in [0.15, 0.2) is 35.7 Å². The van der Waals surface area contributed by atoms with Gasteiger partial charge in [0, 0.05) is 13.0 Å². The number of hydrogen-bond donors (Lipinski definition) is 1. The molecule has 2 aromatic rings. The molecular weight excluding hydrogens is 402 g/mol. The standard InChI is InChI=1S/C18H17N3O5S2/c1-28(24,25)21-10-14-5-3-2-4-12(14)8-15(21)18(23)26-11-16(22)20-17-13(9-19)6-7-27-17/h2-7,15H,8,10-11H2,1H3,(H,20,22)/t15-/m0/s1. The van der Waals surface area contributed by atoms with E-state index in [9.17, 15) is 18.0 Å². The molecule has 1 aliphatic heterocycles. The first-order valence-corrected chi connectivity index (χ1v) is 11.0. The second-order valence-corrected chi connectivity index (χ2v) is 9.08. The number of nitrogens with zero attached hydrogens (tertiary/aromatic N) is 2. The van der Waals surface area contributed by atoms with Gasteiger partial charge in [0.25, 0.3) is 5.91 Å². The van der Waals surface area contributed by atoms with Gasteiger partial charge in [-0.2, -0.15) is 9.57 Å². The zero-order chi connectivity index (χ0) is 20.3. The van der Waals surface area contributed by atoms with Gasteiger partial charge in [0.2, 0.25) is 10.0 Å². The fourth-order valence-electron chi connectivity index (χ4n) is 2.94. The van der Waals surface area contributed by atoms with Crippen LogP contribution in [0.2, 0.25) is 0 Å². The van der Waals surface area contributed by atoms with Crippen LogP contribution in [0.5, 0.6) is 0 Å². The van der Waals surface area contributed by atoms with Crippen LogP contribution in [0.4, 0.5) is 5.00 Å². The average Bonchev–Trinajstić information content (AvgIpc) is 3.11. The number of hydrogen-bond acceptors (Lipinski definition) is 7. The van der Waals surface area contributed by atoms with E-state index in [1.54, 1.807) is 11.4 Å². The molecule has 1 N–H and O–H groups in total. The van der Waals surface area contributed by atoms with Crippen molar-refractivity contribution in [3.05, 3.63) is 52.4 Å². The number of amides is 1. The fourth-order valence-corrected chi connectivity index (χ4v) is 4.69. The van der Waals surface area contributed by atoms with Gasteiger partial charge < -0.3 is 10.1 Å². The van der Waals surface area contributed by atoms with E-state index in [1.165, 1.54) is 11.3 Å². The summed E-state index contributed by atoms with van der Waals surface area (Å²) in [6.07, 6.45) is 1.21. The maximum atomic E-state index is 12.5. The Kier molecular flexibility index (Phi) is 5.79. The molecule has 1 aromatic heterocycles. The first kappa shape index (κ1) is 20.0. The summed E-state index contributed by atoms with van der Waals surface area (Å²) in [5, 5.41) is 13.5. The third-order valence-corrected chi connectivity index (χ3v) is 6.35. The Morgan fingerprint density at radius 3 is 2.71 bits per heavy atom. The lowest BCUT2D eigenvalue weighted by Gasteiger charge is -2.33. The van der Waals surface area contributed by atoms with Crippen molar-refractivity contribution in [2.24, 2.45) is 0 Å². The van der Waals surface area contributed by atoms with Crippen molar-refractivity contribution >= 4 is 38.2 Å². The van der Waals surface area contributed by atoms with E-state index in [2.05, 4.69) is 5.32 Å². The van der Waals surface area contributed by atoms with Gasteiger partial charge in [0.1, 0.15) is 17.1 Å². The maximum absolute atomic E-state index is 12.5. The van der Waals surface area contributed by atoms with Crippen LogP contribution in [-0.4, -0.2) is 43.5 Å². The Morgan fingerprint density at radius 2 is 2.04 bits per heavy atom. The zero-order valence-corrected chi connectivity index (χ0v) is 16.5. The van der Waals surface area contributed by atoms with Gasteiger partial charge in [-0.15, -0.1) is 11.3 Å². The molecule has 1 aromatic carbocycles. The third kappa shape index (κ3) is 4.39. The summed E-state index contributed by atoms with van der Waals surface area (Å²) in [5.41, 5.74) is 2.01. The van der Waals surface area contributed by atoms with Crippen molar-refractivity contribution in [1.82, 2.24) is 4.31 Å². The number of nitrogens with one attached hydrogen (secondary N) is 1. The number of benzene rings is 1. The lowest BCUT2D eigenvalue weighted by molar-refractivity contribution is -0.151. The lowest BCUT2D eigenvalue weighted by Crippen LogP contribution is -2.49. The van der Waals surface area contributed by atoms with Gasteiger partial charge in [-0.3, -0.25) is 9.59 Å². The molecule has 0 saturated heterocycles. The molecule has 0 spiro atoms. The third-order valence-electron chi connectivity index (χ3n) is 4.29. The predicted octanol–water partition coefficient (Wildman–Crippen LogP) is 1.49. The van der Waals surface area contributed by atoms with Crippen LogP contribution in [0.25, 0.3) is 0 Å². The molecule has 0 bridgehead atoms. The first-order chi connectivity index (χ1) is 13.3. The number of sulfonamides is 1. The molecule has 0 fully saturated rings. The molecule has 1 amide bonds. The number of thiophene rings is 1. The van der Waals surface area contributed by atoms with Gasteiger partial charge in [-0.25, -0.2) is 8.42 Å². The van der Waals surface area contributed by atoms with E-state index >= 15 is 0 Å². The minimum atomic E-state index is -3.65. The van der Waals surface area contributed by atoms with Gasteiger partial charge >= 0.3 is 5.97 Å². The number of ether oxygens (including phenoxy) is 1. The van der Waals surface area contributed by atoms with Crippen molar-refractivity contribution < 1.29 is 22.7 Å². The molecule has 10 heteroatoms. The molecule has 1 aliphatic rings. The van der Waals surface area contributed by atoms with E-state index in [-0.39, 0.29) is 13.0 Å². The average molecular weight is 419 g/mol. The van der Waals surface area contributed by atoms with E-state index in [4.69, 9.17) is 10.00 Å². The quantitative estimate of drug-likeness (QED) is 0.734. The maximum Gasteiger partial charge on any atom is 0.325 e. The molecular formula is C18H17N3O5S2. The Morgan fingerprint density at radius 1 is 1.32 bits per heavy atom. The van der Waals surface area contributed by atoms with Crippen LogP contribution >= 0.6 is 11.3 Å². The molecule has 0 radical (unpaired) electrons. The van der Waals surface area contributed by atoms with E-state index in [0.717, 1.165) is 21.7 Å². The number of esters is 1. The van der Waals surface area contributed by atoms with Crippen molar-refractivity contribution in [3.63, 3.8) is 0 Å². The lowest BCUT2D eigenvalue weighted by atomic mass is 9.96. The highest BCUT2D eigenvalue weighted by molar-refractivity contribution is 7.88. The van der Waals surface area contributed by atoms with Crippen molar-refractivity contribution in [2.75, 3.05) is 18.2 Å². The highest BCUT2D eigenvalue weighted by Crippen LogP contribution is 2.26. The second-order valence-electron chi connectivity index (χ2n) is 6.23. The van der Waals surface area contributed by atoms with E-state index in [0.29, 0.717) is 10.6 Å². The molecule has 2 heterocycles. The second kappa shape index (κ2) is 8.10. The van der Waals surface area contributed by atoms with Crippen LogP contribution in [0, 0.1) is 11.3 Å². The summed E-state index contributed by atoms with van der Waals surface area (Å²) in [4.78, 5) is 24.6. The topological polar surface area (TPSA) is 117 Å². The van der Waals surface area contributed by atoms with Crippen molar-refractivity contribution in [2.45, 2.75) is 19.0 Å². The molecule has 8 nitrogen and oxygen atoms in total. The van der Waals surface area contributed by atoms with Crippen LogP contribution in [0.1, 0.15) is 16.7 Å². The highest BCUT2D eigenvalue weighted by atomic mass is 32.2. The Hall–Kier alpha value is -2.74. The summed E-state index contributed by atoms with van der Waals surface area (Å²) in [6.45, 7) is -0.501. The largest absolute Gasteiger partial charge is 0.454 e. The van der Waals surface area contributed by atoms with Gasteiger partial charge in [-0.1, -0.05) is 24.3 Å². The first-order valence-electron chi connectivity index (χ1n) is 8.27. The molecule has 28 heavy (non-hydrogen) atoms. The molecule has 0 aliphatic carbocycles. The van der Waals surface area contributed by atoms with Gasteiger partial charge in [-0.05, 0) is 22.6 Å². The number of anilines is 1. The van der Waals surface area contributed by atoms with E-state index in [1.807, 2.05) is 30.3 Å². The monoisotopic (exact) mass is 419 g/mol. The minimum Gasteiger partial charge on any atom is -0.454 e. The summed E-state index contributed by atoms with van der Waals surface area (Å²) < 4.78 is 30.4. The highest BCUT2D eigenvalue weighted by Gasteiger charge is 2.38. The van der Waals surface area contributed by atoms with Gasteiger partial charge in [0.05, 0.1) is 11.8 Å². The number of rotatable bonds is 5. The fraction of sp³-hybridized carbons (Fsp3) is 0.278. The summed E-state index contributed by atoms with van der Waals surface area (Å²) in [5.74, 6) is -1.39. The molecule has 0 unspecified atom stereocenters. The van der Waals surface area contributed by atoms with E-state index < -0.39 is 34.5 Å². The van der Waals surface area contributed by atoms with Crippen LogP contribution in [0.3, 0.4) is 0 Å². The van der Waals surface area contributed by atoms with Gasteiger partial charge in [0.15, 0.2) is 6.61 Å². The zero-order valence-electron chi connectivity index (χ0n) is 14.9.